The monoisotopic (exact) mass is 332 g/mol. The average molecular weight is 332 g/mol. The fourth-order valence-corrected chi connectivity index (χ4v) is 2.35. The van der Waals surface area contributed by atoms with Crippen LogP contribution >= 0.6 is 0 Å². The molecule has 2 N–H and O–H groups in total. The number of para-hydroxylation sites is 2. The normalized spacial score (nSPS) is 11.1. The van der Waals surface area contributed by atoms with Crippen molar-refractivity contribution >= 4 is 12.0 Å². The lowest BCUT2D eigenvalue weighted by Gasteiger charge is -2.08. The molecule has 4 nitrogen and oxygen atoms in total. The van der Waals surface area contributed by atoms with Crippen LogP contribution in [-0.4, -0.2) is 16.2 Å². The van der Waals surface area contributed by atoms with Gasteiger partial charge in [0.15, 0.2) is 11.5 Å². The molecule has 0 saturated heterocycles. The first-order valence-corrected chi connectivity index (χ1v) is 7.70. The number of carboxylic acids is 1. The summed E-state index contributed by atoms with van der Waals surface area (Å²) in [4.78, 5) is 11.4. The second-order valence-corrected chi connectivity index (χ2v) is 5.37. The van der Waals surface area contributed by atoms with Crippen LogP contribution in [0.25, 0.3) is 17.2 Å². The van der Waals surface area contributed by atoms with Crippen molar-refractivity contribution in [1.29, 1.82) is 0 Å². The van der Waals surface area contributed by atoms with Crippen LogP contribution in [0.4, 0.5) is 0 Å². The maximum Gasteiger partial charge on any atom is 0.371 e. The van der Waals surface area contributed by atoms with Crippen molar-refractivity contribution < 1.29 is 19.7 Å². The molecular formula is C21H16O4. The van der Waals surface area contributed by atoms with Gasteiger partial charge < -0.3 is 14.9 Å². The lowest BCUT2D eigenvalue weighted by molar-refractivity contribution is -0.134. The first kappa shape index (κ1) is 16.3. The zero-order valence-corrected chi connectivity index (χ0v) is 13.3. The van der Waals surface area contributed by atoms with Gasteiger partial charge in [-0.05, 0) is 34.9 Å². The number of hydrogen-bond acceptors (Lipinski definition) is 3. The summed E-state index contributed by atoms with van der Waals surface area (Å²) in [6.07, 6.45) is 1.42. The quantitative estimate of drug-likeness (QED) is 0.531. The van der Waals surface area contributed by atoms with Crippen LogP contribution in [0.5, 0.6) is 11.5 Å². The number of phenolic OH excluding ortho intramolecular Hbond substituents is 1. The fraction of sp³-hybridized carbons (Fsp3) is 0. The second-order valence-electron chi connectivity index (χ2n) is 5.37. The number of rotatable bonds is 5. The van der Waals surface area contributed by atoms with Crippen molar-refractivity contribution in [3.05, 3.63) is 90.2 Å². The van der Waals surface area contributed by atoms with Gasteiger partial charge in [-0.2, -0.15) is 0 Å². The van der Waals surface area contributed by atoms with E-state index in [4.69, 9.17) is 4.74 Å². The molecule has 3 rings (SSSR count). The Balaban J connectivity index is 1.86. The zero-order valence-electron chi connectivity index (χ0n) is 13.3. The Bertz CT molecular complexity index is 897. The summed E-state index contributed by atoms with van der Waals surface area (Å²) in [6, 6.07) is 23.6. The molecule has 0 spiro atoms. The predicted molar refractivity (Wildman–Crippen MR) is 96.2 cm³/mol. The minimum absolute atomic E-state index is 0.0945. The van der Waals surface area contributed by atoms with Gasteiger partial charge in [0.25, 0.3) is 0 Å². The fourth-order valence-electron chi connectivity index (χ4n) is 2.35. The van der Waals surface area contributed by atoms with Gasteiger partial charge in [-0.3, -0.25) is 0 Å². The van der Waals surface area contributed by atoms with E-state index in [1.54, 1.807) is 12.1 Å². The molecule has 0 amide bonds. The molecule has 0 heterocycles. The molecule has 4 heteroatoms. The Hall–Kier alpha value is -3.53. The van der Waals surface area contributed by atoms with Crippen LogP contribution in [0.1, 0.15) is 5.56 Å². The number of carboxylic acid groups (broad SMARTS) is 1. The number of carbonyl (C=O) groups is 1. The summed E-state index contributed by atoms with van der Waals surface area (Å²) in [6.45, 7) is 0. The van der Waals surface area contributed by atoms with Gasteiger partial charge in [0.2, 0.25) is 5.76 Å². The van der Waals surface area contributed by atoms with Crippen LogP contribution in [0.15, 0.2) is 84.6 Å². The maximum atomic E-state index is 11.4. The van der Waals surface area contributed by atoms with Crippen molar-refractivity contribution in [3.63, 3.8) is 0 Å². The van der Waals surface area contributed by atoms with E-state index in [1.807, 2.05) is 54.6 Å². The number of aromatic hydroxyl groups is 1. The lowest BCUT2D eigenvalue weighted by Crippen LogP contribution is -2.07. The summed E-state index contributed by atoms with van der Waals surface area (Å²) < 4.78 is 5.34. The Morgan fingerprint density at radius 1 is 0.800 bits per heavy atom. The Labute approximate surface area is 145 Å². The number of aliphatic carboxylic acids is 1. The highest BCUT2D eigenvalue weighted by Gasteiger charge is 2.12. The number of phenols is 1. The molecule has 0 aliphatic rings. The van der Waals surface area contributed by atoms with Crippen LogP contribution in [0.2, 0.25) is 0 Å². The molecule has 3 aromatic carbocycles. The third kappa shape index (κ3) is 4.06. The van der Waals surface area contributed by atoms with Crippen LogP contribution in [0.3, 0.4) is 0 Å². The highest BCUT2D eigenvalue weighted by atomic mass is 16.5. The highest BCUT2D eigenvalue weighted by Crippen LogP contribution is 2.27. The summed E-state index contributed by atoms with van der Waals surface area (Å²) >= 11 is 0. The Morgan fingerprint density at radius 3 is 2.04 bits per heavy atom. The van der Waals surface area contributed by atoms with Crippen molar-refractivity contribution in [2.24, 2.45) is 0 Å². The van der Waals surface area contributed by atoms with Gasteiger partial charge in [-0.1, -0.05) is 66.7 Å². The van der Waals surface area contributed by atoms with E-state index in [2.05, 4.69) is 0 Å². The van der Waals surface area contributed by atoms with Gasteiger partial charge >= 0.3 is 5.97 Å². The van der Waals surface area contributed by atoms with Gasteiger partial charge in [0.1, 0.15) is 0 Å². The molecule has 0 fully saturated rings. The van der Waals surface area contributed by atoms with E-state index < -0.39 is 5.97 Å². The van der Waals surface area contributed by atoms with Crippen LogP contribution < -0.4 is 4.74 Å². The zero-order chi connectivity index (χ0) is 17.6. The third-order valence-electron chi connectivity index (χ3n) is 3.61. The van der Waals surface area contributed by atoms with Crippen molar-refractivity contribution in [3.8, 4) is 22.6 Å². The Kier molecular flexibility index (Phi) is 4.81. The Morgan fingerprint density at radius 2 is 1.40 bits per heavy atom. The van der Waals surface area contributed by atoms with E-state index in [0.717, 1.165) is 11.1 Å². The van der Waals surface area contributed by atoms with Gasteiger partial charge in [-0.15, -0.1) is 0 Å². The predicted octanol–water partition coefficient (Wildman–Crippen LogP) is 4.56. The smallest absolute Gasteiger partial charge is 0.371 e. The molecular weight excluding hydrogens is 316 g/mol. The van der Waals surface area contributed by atoms with Crippen molar-refractivity contribution in [2.45, 2.75) is 0 Å². The molecule has 25 heavy (non-hydrogen) atoms. The molecule has 0 aliphatic carbocycles. The first-order chi connectivity index (χ1) is 12.1. The molecule has 0 saturated carbocycles. The van der Waals surface area contributed by atoms with E-state index in [-0.39, 0.29) is 17.3 Å². The number of benzene rings is 3. The first-order valence-electron chi connectivity index (χ1n) is 7.70. The summed E-state index contributed by atoms with van der Waals surface area (Å²) in [5, 5.41) is 19.1. The summed E-state index contributed by atoms with van der Waals surface area (Å²) in [5.74, 6) is -1.50. The number of hydrogen-bond donors (Lipinski definition) is 2. The van der Waals surface area contributed by atoms with Crippen molar-refractivity contribution in [2.75, 3.05) is 0 Å². The minimum atomic E-state index is -1.21. The average Bonchev–Trinajstić information content (AvgIpc) is 2.64. The standard InChI is InChI=1S/C21H16O4/c22-18-8-4-5-9-19(18)25-20(21(23)24)14-15-10-12-17(13-11-15)16-6-2-1-3-7-16/h1-14,22H,(H,23,24). The van der Waals surface area contributed by atoms with E-state index in [1.165, 1.54) is 18.2 Å². The summed E-state index contributed by atoms with van der Waals surface area (Å²) in [5.41, 5.74) is 2.81. The van der Waals surface area contributed by atoms with Gasteiger partial charge in [0, 0.05) is 0 Å². The largest absolute Gasteiger partial charge is 0.504 e. The minimum Gasteiger partial charge on any atom is -0.504 e. The molecule has 0 unspecified atom stereocenters. The molecule has 3 aromatic rings. The van der Waals surface area contributed by atoms with Crippen molar-refractivity contribution in [1.82, 2.24) is 0 Å². The van der Waals surface area contributed by atoms with E-state index >= 15 is 0 Å². The molecule has 0 bridgehead atoms. The third-order valence-corrected chi connectivity index (χ3v) is 3.61. The van der Waals surface area contributed by atoms with Crippen LogP contribution in [-0.2, 0) is 4.79 Å². The molecule has 124 valence electrons. The maximum absolute atomic E-state index is 11.4. The topological polar surface area (TPSA) is 66.8 Å². The van der Waals surface area contributed by atoms with E-state index in [0.29, 0.717) is 5.56 Å². The molecule has 0 aromatic heterocycles. The second kappa shape index (κ2) is 7.36. The van der Waals surface area contributed by atoms with Gasteiger partial charge in [-0.25, -0.2) is 4.79 Å². The lowest BCUT2D eigenvalue weighted by atomic mass is 10.0. The molecule has 0 atom stereocenters. The summed E-state index contributed by atoms with van der Waals surface area (Å²) in [7, 11) is 0. The highest BCUT2D eigenvalue weighted by molar-refractivity contribution is 5.90. The number of ether oxygens (including phenoxy) is 1. The SMILES string of the molecule is O=C(O)C(=Cc1ccc(-c2ccccc2)cc1)Oc1ccccc1O. The molecule has 0 radical (unpaired) electrons. The van der Waals surface area contributed by atoms with Gasteiger partial charge in [0.05, 0.1) is 0 Å². The van der Waals surface area contributed by atoms with E-state index in [9.17, 15) is 15.0 Å². The molecule has 0 aliphatic heterocycles. The van der Waals surface area contributed by atoms with Crippen LogP contribution in [0, 0.1) is 0 Å².